The lowest BCUT2D eigenvalue weighted by Gasteiger charge is -2.41. The van der Waals surface area contributed by atoms with Gasteiger partial charge in [0.15, 0.2) is 11.3 Å². The smallest absolute Gasteiger partial charge is 0.388 e. The van der Waals surface area contributed by atoms with Crippen LogP contribution in [0.15, 0.2) is 4.99 Å². The van der Waals surface area contributed by atoms with E-state index < -0.39 is 42.1 Å². The number of hydrogen-bond acceptors (Lipinski definition) is 7. The number of alkyl halides is 3. The number of rotatable bonds is 3. The van der Waals surface area contributed by atoms with Crippen LogP contribution in [0.5, 0.6) is 0 Å². The molecule has 1 fully saturated rings. The summed E-state index contributed by atoms with van der Waals surface area (Å²) in [4.78, 5) is 4.07. The number of aliphatic hydroxyl groups is 2. The summed E-state index contributed by atoms with van der Waals surface area (Å²) < 4.78 is 49.1. The van der Waals surface area contributed by atoms with E-state index in [1.54, 1.807) is 7.05 Å². The molecule has 0 spiro atoms. The van der Waals surface area contributed by atoms with Crippen molar-refractivity contribution >= 4 is 16.9 Å². The van der Waals surface area contributed by atoms with E-state index in [1.807, 2.05) is 0 Å². The lowest BCUT2D eigenvalue weighted by atomic mass is 9.94. The van der Waals surface area contributed by atoms with Crippen LogP contribution in [0.4, 0.5) is 13.2 Å². The Morgan fingerprint density at radius 1 is 1.43 bits per heavy atom. The molecule has 2 aliphatic heterocycles. The third kappa shape index (κ3) is 3.29. The third-order valence-electron chi connectivity index (χ3n) is 3.28. The van der Waals surface area contributed by atoms with E-state index in [2.05, 4.69) is 15.0 Å². The number of thioether (sulfide) groups is 1. The van der Waals surface area contributed by atoms with Crippen molar-refractivity contribution in [2.45, 2.75) is 49.0 Å². The van der Waals surface area contributed by atoms with Gasteiger partial charge in [0, 0.05) is 13.7 Å². The van der Waals surface area contributed by atoms with Gasteiger partial charge in [-0.3, -0.25) is 4.99 Å². The second kappa shape index (κ2) is 6.29. The van der Waals surface area contributed by atoms with Crippen LogP contribution < -0.4 is 5.32 Å². The quantitative estimate of drug-likeness (QED) is 0.680. The average molecular weight is 330 g/mol. The van der Waals surface area contributed by atoms with Crippen LogP contribution in [0.25, 0.3) is 0 Å². The Morgan fingerprint density at radius 2 is 2.10 bits per heavy atom. The zero-order valence-corrected chi connectivity index (χ0v) is 12.2. The van der Waals surface area contributed by atoms with Crippen molar-refractivity contribution in [1.82, 2.24) is 5.32 Å². The Morgan fingerprint density at radius 3 is 2.62 bits per heavy atom. The molecule has 3 N–H and O–H groups in total. The van der Waals surface area contributed by atoms with Gasteiger partial charge < -0.3 is 25.0 Å². The fourth-order valence-electron chi connectivity index (χ4n) is 2.31. The molecule has 10 heteroatoms. The van der Waals surface area contributed by atoms with Crippen LogP contribution in [0.2, 0.25) is 0 Å². The van der Waals surface area contributed by atoms with Crippen LogP contribution in [0.1, 0.15) is 6.92 Å². The predicted octanol–water partition coefficient (Wildman–Crippen LogP) is 0.0913. The minimum Gasteiger partial charge on any atom is -0.388 e. The number of halogens is 3. The van der Waals surface area contributed by atoms with Gasteiger partial charge in [-0.05, 0) is 6.92 Å². The molecule has 1 saturated heterocycles. The van der Waals surface area contributed by atoms with Gasteiger partial charge >= 0.3 is 6.18 Å². The maximum Gasteiger partial charge on any atom is 0.417 e. The van der Waals surface area contributed by atoms with E-state index in [4.69, 9.17) is 4.74 Å². The highest BCUT2D eigenvalue weighted by atomic mass is 32.2. The standard InChI is InChI=1S/C11H17F3N2O4S/c1-3-19-8(11(12,13)14)7-6(18)5(17)4-9(20-7)21-10(15-2)16-4/h4-9,17-18H,3H2,1-2H3,(H,15,16)/t4-,5-,6+,7+,8-,9-/m1/s1. The number of fused-ring (bicyclic) bond motifs is 1. The molecule has 2 aliphatic rings. The van der Waals surface area contributed by atoms with Crippen LogP contribution >= 0.6 is 11.8 Å². The van der Waals surface area contributed by atoms with E-state index in [1.165, 1.54) is 6.92 Å². The van der Waals surface area contributed by atoms with E-state index in [-0.39, 0.29) is 6.61 Å². The number of aliphatic hydroxyl groups excluding tert-OH is 2. The van der Waals surface area contributed by atoms with Crippen LogP contribution in [-0.4, -0.2) is 71.1 Å². The third-order valence-corrected chi connectivity index (χ3v) is 4.44. The van der Waals surface area contributed by atoms with Crippen molar-refractivity contribution < 1.29 is 32.9 Å². The summed E-state index contributed by atoms with van der Waals surface area (Å²) in [5.41, 5.74) is -0.791. The summed E-state index contributed by atoms with van der Waals surface area (Å²) in [5, 5.41) is 23.1. The molecule has 0 aromatic heterocycles. The highest BCUT2D eigenvalue weighted by Gasteiger charge is 2.56. The summed E-state index contributed by atoms with van der Waals surface area (Å²) in [6, 6.07) is -0.806. The first-order valence-corrected chi connectivity index (χ1v) is 7.29. The summed E-state index contributed by atoms with van der Waals surface area (Å²) in [5.74, 6) is 0. The number of aliphatic imine (C=N–C) groups is 1. The fourth-order valence-corrected chi connectivity index (χ4v) is 3.38. The molecule has 0 radical (unpaired) electrons. The molecule has 2 rings (SSSR count). The predicted molar refractivity (Wildman–Crippen MR) is 70.0 cm³/mol. The summed E-state index contributed by atoms with van der Waals surface area (Å²) >= 11 is 1.07. The molecule has 2 heterocycles. The van der Waals surface area contributed by atoms with Gasteiger partial charge in [0.1, 0.15) is 29.8 Å². The van der Waals surface area contributed by atoms with Gasteiger partial charge in [-0.25, -0.2) is 0 Å². The lowest BCUT2D eigenvalue weighted by Crippen LogP contribution is -2.61. The normalized spacial score (nSPS) is 37.9. The number of ether oxygens (including phenoxy) is 2. The Balaban J connectivity index is 2.19. The number of nitrogens with zero attached hydrogens (tertiary/aromatic N) is 1. The van der Waals surface area contributed by atoms with Crippen LogP contribution in [0, 0.1) is 0 Å². The Hall–Kier alpha value is -0.550. The zero-order chi connectivity index (χ0) is 15.8. The molecule has 0 aliphatic carbocycles. The minimum absolute atomic E-state index is 0.188. The van der Waals surface area contributed by atoms with E-state index in [9.17, 15) is 23.4 Å². The SMILES string of the molecule is CCO[C@H]([C@H]1O[C@@H]2SC(NC)=N[C@@H]2[C@@H](O)[C@@H]1O)C(F)(F)F. The number of nitrogens with one attached hydrogen (secondary N) is 1. The van der Waals surface area contributed by atoms with Gasteiger partial charge in [-0.15, -0.1) is 0 Å². The maximum atomic E-state index is 13.0. The second-order valence-corrected chi connectivity index (χ2v) is 5.75. The van der Waals surface area contributed by atoms with Crippen molar-refractivity contribution in [3.8, 4) is 0 Å². The Kier molecular flexibility index (Phi) is 5.03. The molecular formula is C11H17F3N2O4S. The zero-order valence-electron chi connectivity index (χ0n) is 11.4. The van der Waals surface area contributed by atoms with E-state index >= 15 is 0 Å². The lowest BCUT2D eigenvalue weighted by molar-refractivity contribution is -0.283. The van der Waals surface area contributed by atoms with E-state index in [0.29, 0.717) is 5.17 Å². The highest BCUT2D eigenvalue weighted by Crippen LogP contribution is 2.39. The summed E-state index contributed by atoms with van der Waals surface area (Å²) in [6.07, 6.45) is -11.9. The maximum absolute atomic E-state index is 13.0. The van der Waals surface area contributed by atoms with Gasteiger partial charge in [0.05, 0.1) is 0 Å². The van der Waals surface area contributed by atoms with Gasteiger partial charge in [0.25, 0.3) is 0 Å². The Labute approximate surface area is 123 Å². The van der Waals surface area contributed by atoms with Crippen molar-refractivity contribution in [3.63, 3.8) is 0 Å². The highest BCUT2D eigenvalue weighted by molar-refractivity contribution is 8.14. The van der Waals surface area contributed by atoms with Gasteiger partial charge in [-0.1, -0.05) is 11.8 Å². The fraction of sp³-hybridized carbons (Fsp3) is 0.909. The minimum atomic E-state index is -4.70. The molecule has 0 amide bonds. The molecule has 0 aromatic rings. The number of hydrogen-bond donors (Lipinski definition) is 3. The molecule has 6 atom stereocenters. The Bertz CT molecular complexity index is 409. The molecule has 21 heavy (non-hydrogen) atoms. The molecule has 0 aromatic carbocycles. The first-order chi connectivity index (χ1) is 9.79. The van der Waals surface area contributed by atoms with Crippen molar-refractivity contribution in [1.29, 1.82) is 0 Å². The first-order valence-electron chi connectivity index (χ1n) is 6.41. The molecular weight excluding hydrogens is 313 g/mol. The molecule has 6 nitrogen and oxygen atoms in total. The van der Waals surface area contributed by atoms with Crippen LogP contribution in [0.3, 0.4) is 0 Å². The molecule has 0 unspecified atom stereocenters. The van der Waals surface area contributed by atoms with Gasteiger partial charge in [-0.2, -0.15) is 13.2 Å². The van der Waals surface area contributed by atoms with Crippen molar-refractivity contribution in [2.75, 3.05) is 13.7 Å². The van der Waals surface area contributed by atoms with Crippen molar-refractivity contribution in [3.05, 3.63) is 0 Å². The monoisotopic (exact) mass is 330 g/mol. The second-order valence-electron chi connectivity index (χ2n) is 4.66. The van der Waals surface area contributed by atoms with E-state index in [0.717, 1.165) is 11.8 Å². The summed E-state index contributed by atoms with van der Waals surface area (Å²) in [6.45, 7) is 1.23. The molecule has 0 saturated carbocycles. The van der Waals surface area contributed by atoms with Crippen molar-refractivity contribution in [2.24, 2.45) is 4.99 Å². The van der Waals surface area contributed by atoms with Crippen LogP contribution in [-0.2, 0) is 9.47 Å². The largest absolute Gasteiger partial charge is 0.417 e. The first kappa shape index (κ1) is 16.8. The molecule has 0 bridgehead atoms. The average Bonchev–Trinajstić information content (AvgIpc) is 2.82. The topological polar surface area (TPSA) is 83.3 Å². The number of amidine groups is 1. The molecule has 122 valence electrons. The van der Waals surface area contributed by atoms with Gasteiger partial charge in [0.2, 0.25) is 0 Å². The summed E-state index contributed by atoms with van der Waals surface area (Å²) in [7, 11) is 1.60.